The molecular weight excluding hydrogens is 1540 g/mol. The van der Waals surface area contributed by atoms with Gasteiger partial charge in [-0.2, -0.15) is 0 Å². The third kappa shape index (κ3) is 51.0. The zero-order valence-electron chi connectivity index (χ0n) is 74.0. The molecule has 118 heavy (non-hydrogen) atoms. The number of aliphatic hydroxyl groups is 9. The summed E-state index contributed by atoms with van der Waals surface area (Å²) in [6, 6.07) is 0. The summed E-state index contributed by atoms with van der Waals surface area (Å²) in [6.45, 7) is 5.62. The fourth-order valence-corrected chi connectivity index (χ4v) is 16.9. The maximum absolute atomic E-state index is 14.9. The summed E-state index contributed by atoms with van der Waals surface area (Å²) >= 11 is 0. The quantitative estimate of drug-likeness (QED) is 0.00889. The van der Waals surface area contributed by atoms with Gasteiger partial charge in [-0.3, -0.25) is 28.2 Å². The van der Waals surface area contributed by atoms with Crippen molar-refractivity contribution >= 4 is 31.7 Å². The van der Waals surface area contributed by atoms with E-state index in [1.807, 2.05) is 0 Å². The van der Waals surface area contributed by atoms with E-state index < -0.39 is 162 Å². The van der Waals surface area contributed by atoms with Crippen molar-refractivity contribution in [3.05, 3.63) is 12.2 Å². The van der Waals surface area contributed by atoms with Crippen molar-refractivity contribution in [1.29, 1.82) is 0 Å². The Morgan fingerprint density at radius 1 is 0.331 bits per heavy atom. The highest BCUT2D eigenvalue weighted by molar-refractivity contribution is 7.47. The molecular formula is C92H171O25P. The van der Waals surface area contributed by atoms with Crippen LogP contribution in [-0.2, 0) is 70.7 Å². The van der Waals surface area contributed by atoms with Gasteiger partial charge in [0.05, 0.1) is 13.2 Å². The number of allylic oxidation sites excluding steroid dienone is 2. The molecule has 0 spiro atoms. The predicted octanol–water partition coefficient (Wildman–Crippen LogP) is 17.9. The number of esters is 4. The average molecular weight is 1710 g/mol. The van der Waals surface area contributed by atoms with Crippen LogP contribution in [0.5, 0.6) is 0 Å². The van der Waals surface area contributed by atoms with Gasteiger partial charge in [0.25, 0.3) is 0 Å². The summed E-state index contributed by atoms with van der Waals surface area (Å²) in [4.78, 5) is 66.5. The number of hydrogen-bond acceptors (Lipinski definition) is 24. The molecule has 18 atom stereocenters. The first-order valence-electron chi connectivity index (χ1n) is 47.9. The van der Waals surface area contributed by atoms with Gasteiger partial charge in [0, 0.05) is 25.7 Å². The van der Waals surface area contributed by atoms with E-state index in [9.17, 15) is 74.6 Å². The molecule has 2 aliphatic heterocycles. The van der Waals surface area contributed by atoms with Crippen LogP contribution in [0.1, 0.15) is 419 Å². The van der Waals surface area contributed by atoms with Crippen LogP contribution in [0.4, 0.5) is 0 Å². The first-order valence-corrected chi connectivity index (χ1v) is 49.4. The summed E-state index contributed by atoms with van der Waals surface area (Å²) in [6.07, 6.45) is 30.4. The number of rotatable bonds is 78. The minimum Gasteiger partial charge on any atom is -0.463 e. The number of aliphatic hydroxyl groups excluding tert-OH is 9. The van der Waals surface area contributed by atoms with Gasteiger partial charge in [-0.05, 0) is 51.4 Å². The van der Waals surface area contributed by atoms with Crippen molar-refractivity contribution in [1.82, 2.24) is 0 Å². The lowest BCUT2D eigenvalue weighted by Gasteiger charge is -2.50. The zero-order valence-corrected chi connectivity index (χ0v) is 74.9. The van der Waals surface area contributed by atoms with Crippen LogP contribution >= 0.6 is 7.82 Å². The van der Waals surface area contributed by atoms with Gasteiger partial charge < -0.3 is 88.7 Å². The number of ether oxygens (including phenoxy) is 8. The minimum absolute atomic E-state index is 0.0112. The normalized spacial score (nSPS) is 24.9. The monoisotopic (exact) mass is 1710 g/mol. The van der Waals surface area contributed by atoms with Crippen LogP contribution < -0.4 is 0 Å². The lowest BCUT2D eigenvalue weighted by Crippen LogP contribution is -2.70. The lowest BCUT2D eigenvalue weighted by molar-refractivity contribution is -0.360. The van der Waals surface area contributed by atoms with Crippen LogP contribution in [0.25, 0.3) is 0 Å². The number of unbranched alkanes of at least 4 members (excludes halogenated alkanes) is 52. The Labute approximate surface area is 712 Å². The topological polar surface area (TPSA) is 380 Å². The molecule has 3 rings (SSSR count). The fourth-order valence-electron chi connectivity index (χ4n) is 15.9. The maximum Gasteiger partial charge on any atom is 0.472 e. The van der Waals surface area contributed by atoms with Crippen LogP contribution in [0.15, 0.2) is 12.2 Å². The summed E-state index contributed by atoms with van der Waals surface area (Å²) in [7, 11) is -5.80. The summed E-state index contributed by atoms with van der Waals surface area (Å²) in [5.41, 5.74) is 0. The van der Waals surface area contributed by atoms with Gasteiger partial charge in [0.2, 0.25) is 0 Å². The second-order valence-electron chi connectivity index (χ2n) is 34.2. The second kappa shape index (κ2) is 71.4. The minimum atomic E-state index is -5.80. The molecule has 0 bridgehead atoms. The molecule has 694 valence electrons. The first kappa shape index (κ1) is 109. The van der Waals surface area contributed by atoms with Gasteiger partial charge in [0.15, 0.2) is 24.8 Å². The molecule has 25 nitrogen and oxygen atoms in total. The summed E-state index contributed by atoms with van der Waals surface area (Å²) < 4.78 is 73.5. The number of carbonyl (C=O) groups is 4. The third-order valence-corrected chi connectivity index (χ3v) is 24.5. The van der Waals surface area contributed by atoms with Crippen molar-refractivity contribution in [2.45, 2.75) is 524 Å². The van der Waals surface area contributed by atoms with Crippen molar-refractivity contribution in [3.8, 4) is 0 Å². The van der Waals surface area contributed by atoms with Gasteiger partial charge in [-0.1, -0.05) is 354 Å². The predicted molar refractivity (Wildman–Crippen MR) is 458 cm³/mol. The molecule has 0 aromatic carbocycles. The number of phosphoric ester groups is 1. The van der Waals surface area contributed by atoms with Gasteiger partial charge in [-0.15, -0.1) is 0 Å². The van der Waals surface area contributed by atoms with E-state index in [1.54, 1.807) is 0 Å². The Kier molecular flexibility index (Phi) is 66.2. The molecule has 2 saturated heterocycles. The SMILES string of the molecule is CCCCCC/C=C\CCCCCCCCCC(=O)OCC1OC(OC2C(OC(=O)CCCCCCCCCCCCCCCCC)C(O)C(O)C(OC3OC(CO)C(O)C(O)C3O)C2OP(=O)(O)OCC(COC(=O)CCCCCCCCCCCCCCCCCC)OC(=O)CCCCCCCCCCCCCCC)C(O)C(O)C1O. The molecule has 0 aromatic heterocycles. The molecule has 3 aliphatic rings. The summed E-state index contributed by atoms with van der Waals surface area (Å²) in [5.74, 6) is -2.95. The van der Waals surface area contributed by atoms with Crippen molar-refractivity contribution < 1.29 is 122 Å². The Morgan fingerprint density at radius 2 is 0.636 bits per heavy atom. The van der Waals surface area contributed by atoms with E-state index in [0.717, 1.165) is 148 Å². The molecule has 1 saturated carbocycles. The van der Waals surface area contributed by atoms with E-state index in [1.165, 1.54) is 186 Å². The number of carbonyl (C=O) groups excluding carboxylic acids is 4. The van der Waals surface area contributed by atoms with Crippen LogP contribution in [0.3, 0.4) is 0 Å². The molecule has 0 aromatic rings. The van der Waals surface area contributed by atoms with E-state index in [4.69, 9.17) is 46.9 Å². The third-order valence-electron chi connectivity index (χ3n) is 23.5. The molecule has 10 N–H and O–H groups in total. The largest absolute Gasteiger partial charge is 0.472 e. The standard InChI is InChI=1S/C92H171O25P/c1-5-9-13-17-21-25-29-33-36-39-42-44-48-52-56-60-64-75(94)108-69-72(111-77(96)66-62-58-54-50-46-40-32-28-24-20-16-12-8-4)70-110-118(106,107)117-90-88(115-91-85(104)81(100)79(98)73(68-93)112-91)84(103)83(102)87(114-78(97)67-63-59-55-51-47-43-38-35-31-27-23-19-15-11-7-3)89(90)116-92-86(105)82(101)80(99)74(113-92)71-109-76(95)65-61-57-53-49-45-41-37-34-30-26-22-18-14-10-6-2/h26,30,72-74,79-93,98-105H,5-25,27-29,31-71H2,1-4H3,(H,106,107)/b30-26-. The molecule has 18 unspecified atom stereocenters. The highest BCUT2D eigenvalue weighted by atomic mass is 31.2. The van der Waals surface area contributed by atoms with Crippen LogP contribution in [0.2, 0.25) is 0 Å². The molecule has 0 amide bonds. The van der Waals surface area contributed by atoms with E-state index >= 15 is 0 Å². The number of hydrogen-bond donors (Lipinski definition) is 10. The average Bonchev–Trinajstić information content (AvgIpc) is 0.755. The van der Waals surface area contributed by atoms with Gasteiger partial charge >= 0.3 is 31.7 Å². The van der Waals surface area contributed by atoms with E-state index in [2.05, 4.69) is 39.8 Å². The van der Waals surface area contributed by atoms with Crippen LogP contribution in [0, 0.1) is 0 Å². The molecule has 0 radical (unpaired) electrons. The Bertz CT molecular complexity index is 2500. The zero-order chi connectivity index (χ0) is 86.1. The Hall–Kier alpha value is -2.79. The molecule has 3 fully saturated rings. The Balaban J connectivity index is 1.90. The van der Waals surface area contributed by atoms with Crippen molar-refractivity contribution in [3.63, 3.8) is 0 Å². The molecule has 1 aliphatic carbocycles. The van der Waals surface area contributed by atoms with E-state index in [0.29, 0.717) is 32.1 Å². The second-order valence-corrected chi connectivity index (χ2v) is 35.6. The molecule has 2 heterocycles. The van der Waals surface area contributed by atoms with Crippen molar-refractivity contribution in [2.24, 2.45) is 0 Å². The maximum atomic E-state index is 14.9. The highest BCUT2D eigenvalue weighted by Gasteiger charge is 2.60. The van der Waals surface area contributed by atoms with Gasteiger partial charge in [0.1, 0.15) is 92.6 Å². The first-order chi connectivity index (χ1) is 57.2. The Morgan fingerprint density at radius 3 is 1.02 bits per heavy atom. The highest BCUT2D eigenvalue weighted by Crippen LogP contribution is 2.49. The van der Waals surface area contributed by atoms with Gasteiger partial charge in [-0.25, -0.2) is 4.57 Å². The van der Waals surface area contributed by atoms with E-state index in [-0.39, 0.29) is 25.7 Å². The van der Waals surface area contributed by atoms with Crippen molar-refractivity contribution in [2.75, 3.05) is 26.4 Å². The van der Waals surface area contributed by atoms with Crippen LogP contribution in [-0.4, -0.2) is 205 Å². The molecule has 26 heteroatoms. The summed E-state index contributed by atoms with van der Waals surface area (Å²) in [5, 5.41) is 102. The fraction of sp³-hybridized carbons (Fsp3) is 0.935. The number of phosphoric acid groups is 1. The smallest absolute Gasteiger partial charge is 0.463 e. The lowest BCUT2D eigenvalue weighted by atomic mass is 9.84.